The normalized spacial score (nSPS) is 10.3. The van der Waals surface area contributed by atoms with Crippen molar-refractivity contribution in [3.8, 4) is 11.4 Å². The van der Waals surface area contributed by atoms with Gasteiger partial charge < -0.3 is 0 Å². The van der Waals surface area contributed by atoms with E-state index in [9.17, 15) is 4.39 Å². The lowest BCUT2D eigenvalue weighted by molar-refractivity contribution is 0.627. The van der Waals surface area contributed by atoms with E-state index >= 15 is 0 Å². The highest BCUT2D eigenvalue weighted by Gasteiger charge is 2.04. The number of aryl methyl sites for hydroxylation is 1. The Labute approximate surface area is 73.8 Å². The lowest BCUT2D eigenvalue weighted by Crippen LogP contribution is -1.85. The van der Waals surface area contributed by atoms with Gasteiger partial charge in [-0.2, -0.15) is 5.21 Å². The molecule has 0 aliphatic heterocycles. The second-order valence-corrected chi connectivity index (χ2v) is 2.75. The van der Waals surface area contributed by atoms with Gasteiger partial charge in [-0.15, -0.1) is 10.2 Å². The molecule has 0 radical (unpaired) electrons. The number of tetrazole rings is 1. The zero-order valence-electron chi connectivity index (χ0n) is 6.95. The van der Waals surface area contributed by atoms with E-state index in [4.69, 9.17) is 0 Å². The smallest absolute Gasteiger partial charge is 0.204 e. The quantitative estimate of drug-likeness (QED) is 0.716. The molecule has 1 heterocycles. The molecule has 0 bridgehead atoms. The van der Waals surface area contributed by atoms with Gasteiger partial charge in [-0.25, -0.2) is 4.39 Å². The Morgan fingerprint density at radius 3 is 2.77 bits per heavy atom. The summed E-state index contributed by atoms with van der Waals surface area (Å²) in [7, 11) is 0. The first-order valence-electron chi connectivity index (χ1n) is 3.77. The van der Waals surface area contributed by atoms with Gasteiger partial charge in [0.15, 0.2) is 0 Å². The molecule has 0 aliphatic rings. The van der Waals surface area contributed by atoms with Crippen LogP contribution in [0.3, 0.4) is 0 Å². The molecule has 2 rings (SSSR count). The minimum absolute atomic E-state index is 0.292. The highest BCUT2D eigenvalue weighted by Crippen LogP contribution is 2.16. The lowest BCUT2D eigenvalue weighted by atomic mass is 10.1. The van der Waals surface area contributed by atoms with E-state index in [2.05, 4.69) is 20.6 Å². The van der Waals surface area contributed by atoms with Crippen LogP contribution in [0.15, 0.2) is 18.2 Å². The summed E-state index contributed by atoms with van der Waals surface area (Å²) in [6.07, 6.45) is 0. The summed E-state index contributed by atoms with van der Waals surface area (Å²) >= 11 is 0. The van der Waals surface area contributed by atoms with Crippen molar-refractivity contribution >= 4 is 0 Å². The summed E-state index contributed by atoms with van der Waals surface area (Å²) in [5.74, 6) is 0.113. The third-order valence-corrected chi connectivity index (χ3v) is 1.65. The molecule has 0 fully saturated rings. The topological polar surface area (TPSA) is 54.5 Å². The van der Waals surface area contributed by atoms with Crippen LogP contribution in [0.4, 0.5) is 4.39 Å². The lowest BCUT2D eigenvalue weighted by Gasteiger charge is -1.97. The number of aromatic amines is 1. The largest absolute Gasteiger partial charge is 0.207 e. The number of hydrogen-bond acceptors (Lipinski definition) is 3. The monoisotopic (exact) mass is 178 g/mol. The molecular weight excluding hydrogens is 171 g/mol. The summed E-state index contributed by atoms with van der Waals surface area (Å²) in [6.45, 7) is 1.81. The van der Waals surface area contributed by atoms with Crippen molar-refractivity contribution in [2.75, 3.05) is 0 Å². The predicted molar refractivity (Wildman–Crippen MR) is 44.3 cm³/mol. The van der Waals surface area contributed by atoms with E-state index in [1.165, 1.54) is 12.1 Å². The molecular formula is C8H7FN4. The van der Waals surface area contributed by atoms with Crippen LogP contribution in [0.25, 0.3) is 11.4 Å². The Balaban J connectivity index is 2.53. The molecule has 4 nitrogen and oxygen atoms in total. The van der Waals surface area contributed by atoms with Crippen LogP contribution in [-0.2, 0) is 0 Å². The Morgan fingerprint density at radius 1 is 1.31 bits per heavy atom. The van der Waals surface area contributed by atoms with E-state index in [1.807, 2.05) is 6.92 Å². The maximum absolute atomic E-state index is 12.9. The summed E-state index contributed by atoms with van der Waals surface area (Å²) in [5, 5.41) is 13.2. The highest BCUT2D eigenvalue weighted by molar-refractivity contribution is 5.54. The maximum Gasteiger partial charge on any atom is 0.204 e. The van der Waals surface area contributed by atoms with E-state index in [0.29, 0.717) is 11.4 Å². The van der Waals surface area contributed by atoms with Gasteiger partial charge in [-0.05, 0) is 35.9 Å². The molecule has 1 aromatic heterocycles. The number of nitrogens with zero attached hydrogens (tertiary/aromatic N) is 3. The first-order valence-corrected chi connectivity index (χ1v) is 3.77. The second-order valence-electron chi connectivity index (χ2n) is 2.75. The molecule has 0 aliphatic carbocycles. The van der Waals surface area contributed by atoms with E-state index < -0.39 is 0 Å². The maximum atomic E-state index is 12.9. The first-order chi connectivity index (χ1) is 6.25. The number of rotatable bonds is 1. The summed E-state index contributed by atoms with van der Waals surface area (Å²) in [4.78, 5) is 0. The predicted octanol–water partition coefficient (Wildman–Crippen LogP) is 1.31. The molecule has 5 heteroatoms. The van der Waals surface area contributed by atoms with Crippen molar-refractivity contribution in [2.45, 2.75) is 6.92 Å². The van der Waals surface area contributed by atoms with Crippen LogP contribution in [0, 0.1) is 12.7 Å². The Hall–Kier alpha value is -1.78. The molecule has 1 aromatic carbocycles. The number of benzene rings is 1. The van der Waals surface area contributed by atoms with Crippen LogP contribution < -0.4 is 0 Å². The molecule has 1 N–H and O–H groups in total. The van der Waals surface area contributed by atoms with Crippen molar-refractivity contribution in [3.63, 3.8) is 0 Å². The third-order valence-electron chi connectivity index (χ3n) is 1.65. The molecule has 0 amide bonds. The number of aromatic nitrogens is 4. The minimum Gasteiger partial charge on any atom is -0.207 e. The summed E-state index contributed by atoms with van der Waals surface area (Å²) < 4.78 is 12.9. The zero-order chi connectivity index (χ0) is 9.26. The summed E-state index contributed by atoms with van der Waals surface area (Å²) in [5.41, 5.74) is 1.46. The van der Waals surface area contributed by atoms with Gasteiger partial charge in [-0.3, -0.25) is 0 Å². The fourth-order valence-corrected chi connectivity index (χ4v) is 1.15. The average Bonchev–Trinajstić information content (AvgIpc) is 2.53. The van der Waals surface area contributed by atoms with E-state index in [0.717, 1.165) is 5.56 Å². The molecule has 0 saturated carbocycles. The molecule has 0 atom stereocenters. The number of halogens is 1. The van der Waals surface area contributed by atoms with Gasteiger partial charge in [0, 0.05) is 5.56 Å². The molecule has 2 aromatic rings. The molecule has 0 saturated heterocycles. The van der Waals surface area contributed by atoms with Gasteiger partial charge in [0.1, 0.15) is 5.82 Å². The van der Waals surface area contributed by atoms with Gasteiger partial charge in [0.05, 0.1) is 0 Å². The van der Waals surface area contributed by atoms with Gasteiger partial charge in [-0.1, -0.05) is 0 Å². The zero-order valence-corrected chi connectivity index (χ0v) is 6.95. The fourth-order valence-electron chi connectivity index (χ4n) is 1.15. The van der Waals surface area contributed by atoms with Gasteiger partial charge >= 0.3 is 0 Å². The van der Waals surface area contributed by atoms with Crippen LogP contribution in [0.2, 0.25) is 0 Å². The number of nitrogens with one attached hydrogen (secondary N) is 1. The first kappa shape index (κ1) is 7.85. The SMILES string of the molecule is Cc1cc(F)cc(-c2nn[nH]n2)c1. The van der Waals surface area contributed by atoms with Crippen LogP contribution in [-0.4, -0.2) is 20.6 Å². The number of hydrogen-bond donors (Lipinski definition) is 1. The fraction of sp³-hybridized carbons (Fsp3) is 0.125. The van der Waals surface area contributed by atoms with Crippen molar-refractivity contribution in [3.05, 3.63) is 29.6 Å². The second kappa shape index (κ2) is 2.93. The van der Waals surface area contributed by atoms with Gasteiger partial charge in [0.2, 0.25) is 5.82 Å². The van der Waals surface area contributed by atoms with E-state index in [1.54, 1.807) is 6.07 Å². The molecule has 66 valence electrons. The average molecular weight is 178 g/mol. The Morgan fingerprint density at radius 2 is 2.15 bits per heavy atom. The van der Waals surface area contributed by atoms with Crippen LogP contribution in [0.5, 0.6) is 0 Å². The number of H-pyrrole nitrogens is 1. The van der Waals surface area contributed by atoms with Crippen LogP contribution in [0.1, 0.15) is 5.56 Å². The standard InChI is InChI=1S/C8H7FN4/c1-5-2-6(4-7(9)3-5)8-10-12-13-11-8/h2-4H,1H3,(H,10,11,12,13). The highest BCUT2D eigenvalue weighted by atomic mass is 19.1. The summed E-state index contributed by atoms with van der Waals surface area (Å²) in [6, 6.07) is 4.62. The van der Waals surface area contributed by atoms with Crippen molar-refractivity contribution in [1.82, 2.24) is 20.6 Å². The van der Waals surface area contributed by atoms with Crippen molar-refractivity contribution in [2.24, 2.45) is 0 Å². The third kappa shape index (κ3) is 1.53. The van der Waals surface area contributed by atoms with Crippen molar-refractivity contribution in [1.29, 1.82) is 0 Å². The van der Waals surface area contributed by atoms with Crippen LogP contribution >= 0.6 is 0 Å². The minimum atomic E-state index is -0.292. The Bertz CT molecular complexity index is 390. The van der Waals surface area contributed by atoms with Crippen molar-refractivity contribution < 1.29 is 4.39 Å². The molecule has 13 heavy (non-hydrogen) atoms. The van der Waals surface area contributed by atoms with E-state index in [-0.39, 0.29) is 5.82 Å². The van der Waals surface area contributed by atoms with Gasteiger partial charge in [0.25, 0.3) is 0 Å². The molecule has 0 spiro atoms. The molecule has 0 unspecified atom stereocenters. The Kier molecular flexibility index (Phi) is 1.77.